The molecule has 9 heteroatoms. The van der Waals surface area contributed by atoms with Crippen LogP contribution in [-0.2, 0) is 16.1 Å². The Morgan fingerprint density at radius 2 is 2.24 bits per heavy atom. The Morgan fingerprint density at radius 1 is 1.48 bits per heavy atom. The smallest absolute Gasteiger partial charge is 0.308 e. The second-order valence-electron chi connectivity index (χ2n) is 4.60. The van der Waals surface area contributed by atoms with Crippen LogP contribution in [0.15, 0.2) is 22.8 Å². The highest BCUT2D eigenvalue weighted by molar-refractivity contribution is 5.77. The Balaban J connectivity index is 1.93. The number of hydrogen-bond donors (Lipinski definition) is 2. The summed E-state index contributed by atoms with van der Waals surface area (Å²) in [5.41, 5.74) is 0. The number of nitrogens with one attached hydrogen (secondary N) is 1. The number of amides is 1. The minimum atomic E-state index is -0.971. The van der Waals surface area contributed by atoms with Gasteiger partial charge in [0.2, 0.25) is 11.7 Å². The van der Waals surface area contributed by atoms with Gasteiger partial charge in [0, 0.05) is 6.04 Å². The van der Waals surface area contributed by atoms with Crippen molar-refractivity contribution >= 4 is 11.9 Å². The summed E-state index contributed by atoms with van der Waals surface area (Å²) in [5.74, 6) is -1.31. The number of carbonyl (C=O) groups excluding carboxylic acids is 1. The second kappa shape index (κ2) is 6.16. The Hall–Kier alpha value is -2.71. The summed E-state index contributed by atoms with van der Waals surface area (Å²) >= 11 is 0. The summed E-state index contributed by atoms with van der Waals surface area (Å²) in [7, 11) is 0. The van der Waals surface area contributed by atoms with E-state index in [9.17, 15) is 9.59 Å². The first kappa shape index (κ1) is 14.7. The molecule has 0 aliphatic heterocycles. The van der Waals surface area contributed by atoms with Gasteiger partial charge < -0.3 is 14.8 Å². The van der Waals surface area contributed by atoms with Gasteiger partial charge >= 0.3 is 5.97 Å². The molecule has 0 saturated carbocycles. The van der Waals surface area contributed by atoms with Gasteiger partial charge in [-0.2, -0.15) is 4.80 Å². The first-order chi connectivity index (χ1) is 9.97. The van der Waals surface area contributed by atoms with Crippen molar-refractivity contribution in [3.63, 3.8) is 0 Å². The van der Waals surface area contributed by atoms with Crippen molar-refractivity contribution in [2.24, 2.45) is 5.92 Å². The molecule has 1 amide bonds. The predicted octanol–water partition coefficient (Wildman–Crippen LogP) is 0.158. The summed E-state index contributed by atoms with van der Waals surface area (Å²) in [5, 5.41) is 23.0. The van der Waals surface area contributed by atoms with Crippen LogP contribution in [0.2, 0.25) is 0 Å². The molecule has 9 nitrogen and oxygen atoms in total. The van der Waals surface area contributed by atoms with Crippen LogP contribution in [0.5, 0.6) is 0 Å². The molecular formula is C12H15N5O4. The first-order valence-electron chi connectivity index (χ1n) is 6.31. The van der Waals surface area contributed by atoms with E-state index in [1.54, 1.807) is 19.1 Å². The third-order valence-electron chi connectivity index (χ3n) is 3.01. The summed E-state index contributed by atoms with van der Waals surface area (Å²) < 4.78 is 5.12. The van der Waals surface area contributed by atoms with E-state index in [0.29, 0.717) is 5.76 Å². The Bertz CT molecular complexity index is 621. The standard InChI is InChI=1S/C12H15N5O4/c1-7(12(19)20)8(2)13-10(18)6-17-15-11(14-16-17)9-4-3-5-21-9/h3-5,7-8H,6H2,1-2H3,(H,13,18)(H,19,20). The number of furan rings is 1. The Kier molecular flexibility index (Phi) is 4.31. The number of tetrazole rings is 1. The molecule has 0 aliphatic rings. The molecule has 112 valence electrons. The van der Waals surface area contributed by atoms with Gasteiger partial charge in [-0.15, -0.1) is 10.2 Å². The summed E-state index contributed by atoms with van der Waals surface area (Å²) in [6.45, 7) is 3.00. The molecule has 2 aromatic rings. The molecule has 0 bridgehead atoms. The lowest BCUT2D eigenvalue weighted by atomic mass is 10.0. The highest BCUT2D eigenvalue weighted by Crippen LogP contribution is 2.12. The molecule has 2 rings (SSSR count). The number of nitrogens with zero attached hydrogens (tertiary/aromatic N) is 4. The largest absolute Gasteiger partial charge is 0.481 e. The first-order valence-corrected chi connectivity index (χ1v) is 6.31. The number of hydrogen-bond acceptors (Lipinski definition) is 6. The van der Waals surface area contributed by atoms with E-state index in [2.05, 4.69) is 20.7 Å². The molecule has 2 heterocycles. The fourth-order valence-corrected chi connectivity index (χ4v) is 1.58. The monoisotopic (exact) mass is 293 g/mol. The molecule has 0 aliphatic carbocycles. The van der Waals surface area contributed by atoms with Gasteiger partial charge in [-0.3, -0.25) is 9.59 Å². The molecular weight excluding hydrogens is 278 g/mol. The third-order valence-corrected chi connectivity index (χ3v) is 3.01. The van der Waals surface area contributed by atoms with E-state index in [1.165, 1.54) is 13.2 Å². The summed E-state index contributed by atoms with van der Waals surface area (Å²) in [4.78, 5) is 23.7. The van der Waals surface area contributed by atoms with Crippen molar-refractivity contribution < 1.29 is 19.1 Å². The van der Waals surface area contributed by atoms with Crippen LogP contribution in [0.25, 0.3) is 11.6 Å². The SMILES string of the molecule is CC(NC(=O)Cn1nnc(-c2ccco2)n1)C(C)C(=O)O. The molecule has 0 saturated heterocycles. The van der Waals surface area contributed by atoms with Crippen LogP contribution in [0.4, 0.5) is 0 Å². The molecule has 0 fully saturated rings. The zero-order valence-corrected chi connectivity index (χ0v) is 11.6. The maximum absolute atomic E-state index is 11.8. The van der Waals surface area contributed by atoms with E-state index in [4.69, 9.17) is 9.52 Å². The topological polar surface area (TPSA) is 123 Å². The van der Waals surface area contributed by atoms with Gasteiger partial charge in [-0.05, 0) is 31.2 Å². The maximum atomic E-state index is 11.8. The lowest BCUT2D eigenvalue weighted by Gasteiger charge is -2.17. The van der Waals surface area contributed by atoms with Crippen LogP contribution in [0, 0.1) is 5.92 Å². The molecule has 21 heavy (non-hydrogen) atoms. The van der Waals surface area contributed by atoms with Crippen molar-refractivity contribution in [3.8, 4) is 11.6 Å². The molecule has 0 aromatic carbocycles. The minimum Gasteiger partial charge on any atom is -0.481 e. The van der Waals surface area contributed by atoms with Gasteiger partial charge in [0.05, 0.1) is 12.2 Å². The van der Waals surface area contributed by atoms with Crippen LogP contribution in [0.3, 0.4) is 0 Å². The zero-order chi connectivity index (χ0) is 15.4. The molecule has 2 aromatic heterocycles. The van der Waals surface area contributed by atoms with Crippen LogP contribution < -0.4 is 5.32 Å². The van der Waals surface area contributed by atoms with Gasteiger partial charge in [0.1, 0.15) is 6.54 Å². The van der Waals surface area contributed by atoms with Crippen molar-refractivity contribution in [2.75, 3.05) is 0 Å². The maximum Gasteiger partial charge on any atom is 0.308 e. The zero-order valence-electron chi connectivity index (χ0n) is 11.6. The Morgan fingerprint density at radius 3 is 2.86 bits per heavy atom. The average molecular weight is 293 g/mol. The third kappa shape index (κ3) is 3.65. The van der Waals surface area contributed by atoms with E-state index in [0.717, 1.165) is 4.80 Å². The van der Waals surface area contributed by atoms with Gasteiger partial charge in [-0.1, -0.05) is 0 Å². The van der Waals surface area contributed by atoms with Crippen molar-refractivity contribution in [1.82, 2.24) is 25.5 Å². The van der Waals surface area contributed by atoms with E-state index < -0.39 is 17.9 Å². The van der Waals surface area contributed by atoms with Crippen LogP contribution >= 0.6 is 0 Å². The van der Waals surface area contributed by atoms with Gasteiger partial charge in [-0.25, -0.2) is 0 Å². The van der Waals surface area contributed by atoms with Crippen molar-refractivity contribution in [1.29, 1.82) is 0 Å². The molecule has 2 atom stereocenters. The van der Waals surface area contributed by atoms with E-state index in [-0.39, 0.29) is 18.3 Å². The van der Waals surface area contributed by atoms with Crippen molar-refractivity contribution in [3.05, 3.63) is 18.4 Å². The second-order valence-corrected chi connectivity index (χ2v) is 4.60. The molecule has 2 unspecified atom stereocenters. The molecule has 0 radical (unpaired) electrons. The lowest BCUT2D eigenvalue weighted by Crippen LogP contribution is -2.41. The number of carboxylic acids is 1. The van der Waals surface area contributed by atoms with Crippen LogP contribution in [-0.4, -0.2) is 43.2 Å². The lowest BCUT2D eigenvalue weighted by molar-refractivity contribution is -0.142. The summed E-state index contributed by atoms with van der Waals surface area (Å²) in [6.07, 6.45) is 1.48. The van der Waals surface area contributed by atoms with E-state index in [1.807, 2.05) is 0 Å². The summed E-state index contributed by atoms with van der Waals surface area (Å²) in [6, 6.07) is 2.87. The average Bonchev–Trinajstić information content (AvgIpc) is 3.07. The number of aromatic nitrogens is 4. The van der Waals surface area contributed by atoms with Gasteiger partial charge in [0.15, 0.2) is 5.76 Å². The highest BCUT2D eigenvalue weighted by atomic mass is 16.4. The fraction of sp³-hybridized carbons (Fsp3) is 0.417. The van der Waals surface area contributed by atoms with E-state index >= 15 is 0 Å². The number of aliphatic carboxylic acids is 1. The van der Waals surface area contributed by atoms with Gasteiger partial charge in [0.25, 0.3) is 0 Å². The Labute approximate surface area is 119 Å². The normalized spacial score (nSPS) is 13.6. The molecule has 2 N–H and O–H groups in total. The van der Waals surface area contributed by atoms with Crippen LogP contribution in [0.1, 0.15) is 13.8 Å². The fourth-order valence-electron chi connectivity index (χ4n) is 1.58. The quantitative estimate of drug-likeness (QED) is 0.777. The van der Waals surface area contributed by atoms with Crippen molar-refractivity contribution in [2.45, 2.75) is 26.4 Å². The number of rotatable bonds is 6. The number of carbonyl (C=O) groups is 2. The molecule has 0 spiro atoms. The minimum absolute atomic E-state index is 0.148. The highest BCUT2D eigenvalue weighted by Gasteiger charge is 2.21. The number of carboxylic acid groups (broad SMARTS) is 1. The predicted molar refractivity (Wildman–Crippen MR) is 69.9 cm³/mol.